The quantitative estimate of drug-likeness (QED) is 0.391. The molecule has 0 saturated carbocycles. The number of hydrogen-bond acceptors (Lipinski definition) is 6. The van der Waals surface area contributed by atoms with Crippen LogP contribution in [-0.4, -0.2) is 40.1 Å². The van der Waals surface area contributed by atoms with Crippen LogP contribution < -0.4 is 9.47 Å². The van der Waals surface area contributed by atoms with E-state index in [1.165, 1.54) is 0 Å². The van der Waals surface area contributed by atoms with Gasteiger partial charge in [-0.3, -0.25) is 5.41 Å². The van der Waals surface area contributed by atoms with E-state index in [0.717, 1.165) is 18.4 Å². The number of methoxy groups -OCH3 is 2. The number of hydrogen-bond donors (Lipinski definition) is 1. The van der Waals surface area contributed by atoms with Gasteiger partial charge >= 0.3 is 0 Å². The van der Waals surface area contributed by atoms with Gasteiger partial charge in [-0.1, -0.05) is 34.8 Å². The third-order valence-electron chi connectivity index (χ3n) is 4.28. The molecule has 2 aromatic rings. The highest BCUT2D eigenvalue weighted by molar-refractivity contribution is 6.76. The van der Waals surface area contributed by atoms with Crippen LogP contribution in [0, 0.1) is 5.41 Å². The molecule has 3 rings (SSSR count). The largest absolute Gasteiger partial charge is 0.497 e. The van der Waals surface area contributed by atoms with E-state index in [9.17, 15) is 0 Å². The van der Waals surface area contributed by atoms with Crippen LogP contribution >= 0.6 is 34.8 Å². The molecule has 0 radical (unpaired) electrons. The maximum atomic E-state index is 7.73. The van der Waals surface area contributed by atoms with Crippen molar-refractivity contribution < 1.29 is 18.9 Å². The summed E-state index contributed by atoms with van der Waals surface area (Å²) in [6.45, 7) is 0.642. The summed E-state index contributed by atoms with van der Waals surface area (Å²) in [5, 5.41) is 7.73. The van der Waals surface area contributed by atoms with Gasteiger partial charge in [-0.25, -0.2) is 4.98 Å². The average molecular weight is 451 g/mol. The first-order chi connectivity index (χ1) is 13.3. The van der Waals surface area contributed by atoms with E-state index in [1.807, 2.05) is 22.9 Å². The van der Waals surface area contributed by atoms with E-state index in [0.29, 0.717) is 29.6 Å². The summed E-state index contributed by atoms with van der Waals surface area (Å²) < 4.78 is 21.7. The molecule has 0 aliphatic carbocycles. The van der Waals surface area contributed by atoms with Crippen molar-refractivity contribution in [2.75, 3.05) is 20.8 Å². The summed E-state index contributed by atoms with van der Waals surface area (Å²) in [6, 6.07) is 5.50. The van der Waals surface area contributed by atoms with Gasteiger partial charge in [0, 0.05) is 24.4 Å². The molecule has 1 unspecified atom stereocenters. The summed E-state index contributed by atoms with van der Waals surface area (Å²) in [5.41, 5.74) is 1.50. The second-order valence-electron chi connectivity index (χ2n) is 6.13. The molecule has 2 heterocycles. The molecule has 1 N–H and O–H groups in total. The second-order valence-corrected chi connectivity index (χ2v) is 8.42. The van der Waals surface area contributed by atoms with Crippen LogP contribution in [0.4, 0.5) is 0 Å². The van der Waals surface area contributed by atoms with Crippen LogP contribution in [0.2, 0.25) is 0 Å². The van der Waals surface area contributed by atoms with Crippen molar-refractivity contribution >= 4 is 40.7 Å². The Morgan fingerprint density at radius 1 is 1.25 bits per heavy atom. The van der Waals surface area contributed by atoms with E-state index < -0.39 is 9.69 Å². The van der Waals surface area contributed by atoms with Crippen molar-refractivity contribution in [2.24, 2.45) is 0 Å². The third kappa shape index (κ3) is 4.84. The highest BCUT2D eigenvalue weighted by atomic mass is 35.6. The first-order valence-electron chi connectivity index (χ1n) is 8.53. The van der Waals surface area contributed by atoms with Crippen LogP contribution in [0.25, 0.3) is 11.3 Å². The lowest BCUT2D eigenvalue weighted by Crippen LogP contribution is -2.22. The van der Waals surface area contributed by atoms with Crippen LogP contribution in [-0.2, 0) is 16.1 Å². The number of nitrogens with one attached hydrogen (secondary N) is 1. The molecule has 0 spiro atoms. The topological polar surface area (TPSA) is 78.6 Å². The van der Waals surface area contributed by atoms with Gasteiger partial charge in [-0.05, 0) is 25.0 Å². The molecule has 28 heavy (non-hydrogen) atoms. The normalized spacial score (nSPS) is 16.8. The zero-order valence-electron chi connectivity index (χ0n) is 15.4. The molecule has 152 valence electrons. The lowest BCUT2D eigenvalue weighted by atomic mass is 10.1. The van der Waals surface area contributed by atoms with Crippen LogP contribution in [0.15, 0.2) is 24.4 Å². The number of aromatic nitrogens is 2. The van der Waals surface area contributed by atoms with Gasteiger partial charge in [0.2, 0.25) is 5.90 Å². The van der Waals surface area contributed by atoms with Gasteiger partial charge in [0.15, 0.2) is 0 Å². The van der Waals surface area contributed by atoms with Crippen LogP contribution in [0.1, 0.15) is 24.9 Å². The number of benzene rings is 1. The molecule has 0 amide bonds. The van der Waals surface area contributed by atoms with Gasteiger partial charge in [-0.15, -0.1) is 0 Å². The fourth-order valence-electron chi connectivity index (χ4n) is 2.88. The molecule has 1 atom stereocenters. The highest BCUT2D eigenvalue weighted by Crippen LogP contribution is 2.33. The minimum atomic E-state index is -1.93. The number of nitrogens with zero attached hydrogens (tertiary/aromatic N) is 2. The zero-order chi connectivity index (χ0) is 20.3. The summed E-state index contributed by atoms with van der Waals surface area (Å²) >= 11 is 17.1. The molecule has 1 aromatic heterocycles. The van der Waals surface area contributed by atoms with Crippen molar-refractivity contribution in [3.8, 4) is 22.8 Å². The smallest absolute Gasteiger partial charge is 0.265 e. The summed E-state index contributed by atoms with van der Waals surface area (Å²) in [4.78, 5) is 4.65. The van der Waals surface area contributed by atoms with Crippen molar-refractivity contribution in [1.82, 2.24) is 9.55 Å². The molecule has 1 saturated heterocycles. The zero-order valence-corrected chi connectivity index (χ0v) is 17.6. The number of imidazole rings is 1. The standard InChI is InChI=1S/C18H20Cl3N3O4/c1-25-12-6-11(7-13(8-12)26-2)14-9-24(16-4-3-5-27-16)15(23-14)10-28-17(22)18(19,20)21/h6-9,16,22H,3-5,10H2,1-2H3/i10+2. The molecular formula is C18H20Cl3N3O4. The Morgan fingerprint density at radius 3 is 2.46 bits per heavy atom. The Morgan fingerprint density at radius 2 is 1.93 bits per heavy atom. The molecule has 1 aliphatic heterocycles. The van der Waals surface area contributed by atoms with E-state index in [1.54, 1.807) is 20.3 Å². The van der Waals surface area contributed by atoms with Crippen molar-refractivity contribution in [2.45, 2.75) is 29.5 Å². The molecule has 1 aliphatic rings. The Hall–Kier alpha value is -1.67. The summed E-state index contributed by atoms with van der Waals surface area (Å²) in [5.74, 6) is 1.39. The lowest BCUT2D eigenvalue weighted by Gasteiger charge is -2.16. The maximum absolute atomic E-state index is 7.73. The van der Waals surface area contributed by atoms with E-state index in [2.05, 4.69) is 4.98 Å². The minimum Gasteiger partial charge on any atom is -0.497 e. The molecular weight excluding hydrogens is 431 g/mol. The van der Waals surface area contributed by atoms with Gasteiger partial charge < -0.3 is 23.5 Å². The molecule has 7 nitrogen and oxygen atoms in total. The predicted octanol–water partition coefficient (Wildman–Crippen LogP) is 4.74. The van der Waals surface area contributed by atoms with Gasteiger partial charge in [0.05, 0.1) is 19.9 Å². The Kier molecular flexibility index (Phi) is 6.60. The van der Waals surface area contributed by atoms with Crippen LogP contribution in [0.3, 0.4) is 0 Å². The van der Waals surface area contributed by atoms with E-state index in [-0.39, 0.29) is 12.8 Å². The van der Waals surface area contributed by atoms with E-state index in [4.69, 9.17) is 59.2 Å². The van der Waals surface area contributed by atoms with Gasteiger partial charge in [0.1, 0.15) is 30.2 Å². The molecule has 0 bridgehead atoms. The van der Waals surface area contributed by atoms with Gasteiger partial charge in [0.25, 0.3) is 3.79 Å². The van der Waals surface area contributed by atoms with E-state index >= 15 is 0 Å². The van der Waals surface area contributed by atoms with Crippen molar-refractivity contribution in [3.05, 3.63) is 30.2 Å². The molecule has 1 fully saturated rings. The first kappa shape index (κ1) is 21.0. The van der Waals surface area contributed by atoms with Crippen LogP contribution in [0.5, 0.6) is 11.5 Å². The number of rotatable bonds is 6. The SMILES string of the molecule is COc1cc(OC)cc(-c2cn(C3CCCO3)c([14CH2]OC(=N)C(Cl)(Cl)Cl)n2)c1. The summed E-state index contributed by atoms with van der Waals surface area (Å²) in [7, 11) is 3.18. The monoisotopic (exact) mass is 449 g/mol. The fourth-order valence-corrected chi connectivity index (χ4v) is 3.04. The number of halogens is 3. The first-order valence-corrected chi connectivity index (χ1v) is 9.66. The minimum absolute atomic E-state index is 0.0340. The fraction of sp³-hybridized carbons (Fsp3) is 0.444. The predicted molar refractivity (Wildman–Crippen MR) is 108 cm³/mol. The molecule has 10 heteroatoms. The Bertz CT molecular complexity index is 823. The van der Waals surface area contributed by atoms with Gasteiger partial charge in [-0.2, -0.15) is 0 Å². The van der Waals surface area contributed by atoms with Crippen molar-refractivity contribution in [1.29, 1.82) is 5.41 Å². The average Bonchev–Trinajstić information content (AvgIpc) is 3.34. The lowest BCUT2D eigenvalue weighted by molar-refractivity contribution is 0.0514. The second kappa shape index (κ2) is 8.78. The Balaban J connectivity index is 1.94. The summed E-state index contributed by atoms with van der Waals surface area (Å²) in [6.07, 6.45) is 3.53. The molecule has 1 aromatic carbocycles. The third-order valence-corrected chi connectivity index (χ3v) is 4.79. The Labute approximate surface area is 177 Å². The maximum Gasteiger partial charge on any atom is 0.265 e. The number of ether oxygens (including phenoxy) is 4. The highest BCUT2D eigenvalue weighted by Gasteiger charge is 2.30. The van der Waals surface area contributed by atoms with Crippen molar-refractivity contribution in [3.63, 3.8) is 0 Å². The number of alkyl halides is 3.